The number of aromatic carboxylic acids is 1. The molecule has 0 aliphatic carbocycles. The molecular formula is C20H15FO6. The topological polar surface area (TPSA) is 89.9 Å². The highest BCUT2D eigenvalue weighted by Crippen LogP contribution is 2.26. The molecule has 0 radical (unpaired) electrons. The first kappa shape index (κ1) is 18.3. The Hall–Kier alpha value is -3.48. The average Bonchev–Trinajstić information content (AvgIpc) is 2.57. The third kappa shape index (κ3) is 3.87. The molecule has 0 spiro atoms. The zero-order valence-corrected chi connectivity index (χ0v) is 14.5. The van der Waals surface area contributed by atoms with Crippen LogP contribution in [0.25, 0.3) is 17.2 Å². The van der Waals surface area contributed by atoms with Gasteiger partial charge in [0.2, 0.25) is 0 Å². The summed E-state index contributed by atoms with van der Waals surface area (Å²) in [5, 5.41) is 8.87. The van der Waals surface area contributed by atoms with E-state index in [1.165, 1.54) is 32.1 Å². The Kier molecular flexibility index (Phi) is 4.53. The zero-order chi connectivity index (χ0) is 19.8. The van der Waals surface area contributed by atoms with Crippen LogP contribution >= 0.6 is 0 Å². The number of cyclic esters (lactones) is 2. The van der Waals surface area contributed by atoms with Gasteiger partial charge >= 0.3 is 17.9 Å². The van der Waals surface area contributed by atoms with Gasteiger partial charge < -0.3 is 14.6 Å². The van der Waals surface area contributed by atoms with Gasteiger partial charge in [-0.1, -0.05) is 30.3 Å². The number of ether oxygens (including phenoxy) is 2. The van der Waals surface area contributed by atoms with Gasteiger partial charge in [-0.15, -0.1) is 0 Å². The lowest BCUT2D eigenvalue weighted by Gasteiger charge is -2.29. The number of carboxylic acid groups (broad SMARTS) is 1. The summed E-state index contributed by atoms with van der Waals surface area (Å²) in [7, 11) is 0. The van der Waals surface area contributed by atoms with Gasteiger partial charge in [-0.2, -0.15) is 0 Å². The Bertz CT molecular complexity index is 950. The van der Waals surface area contributed by atoms with Crippen LogP contribution in [-0.2, 0) is 19.1 Å². The van der Waals surface area contributed by atoms with E-state index in [0.717, 1.165) is 6.07 Å². The lowest BCUT2D eigenvalue weighted by molar-refractivity contribution is -0.222. The molecule has 0 atom stereocenters. The Labute approximate surface area is 153 Å². The number of carbonyl (C=O) groups excluding carboxylic acids is 2. The molecule has 0 bridgehead atoms. The van der Waals surface area contributed by atoms with Crippen molar-refractivity contribution in [3.8, 4) is 11.1 Å². The van der Waals surface area contributed by atoms with E-state index in [1.54, 1.807) is 24.3 Å². The second kappa shape index (κ2) is 6.68. The molecule has 0 aromatic heterocycles. The van der Waals surface area contributed by atoms with Crippen LogP contribution in [0.2, 0.25) is 0 Å². The van der Waals surface area contributed by atoms with Gasteiger partial charge in [-0.05, 0) is 34.9 Å². The second-order valence-corrected chi connectivity index (χ2v) is 6.36. The molecule has 1 saturated heterocycles. The van der Waals surface area contributed by atoms with Crippen LogP contribution in [0, 0.1) is 5.82 Å². The molecule has 0 amide bonds. The smallest absolute Gasteiger partial charge is 0.348 e. The van der Waals surface area contributed by atoms with E-state index in [1.807, 2.05) is 0 Å². The first-order valence-corrected chi connectivity index (χ1v) is 7.98. The maximum Gasteiger partial charge on any atom is 0.348 e. The average molecular weight is 370 g/mol. The van der Waals surface area contributed by atoms with Crippen molar-refractivity contribution < 1.29 is 33.4 Å². The van der Waals surface area contributed by atoms with E-state index in [4.69, 9.17) is 14.6 Å². The van der Waals surface area contributed by atoms with E-state index in [2.05, 4.69) is 0 Å². The minimum absolute atomic E-state index is 0.223. The molecule has 1 fully saturated rings. The standard InChI is InChI=1S/C20H15FO6/c1-20(2)26-18(24)15(19(25)27-20)9-11-3-5-12(6-4-11)13-7-8-14(17(22)23)16(21)10-13/h3-10H,1-2H3,(H,22,23). The number of rotatable bonds is 3. The molecule has 1 aliphatic heterocycles. The largest absolute Gasteiger partial charge is 0.478 e. The Balaban J connectivity index is 1.86. The normalized spacial score (nSPS) is 15.7. The number of halogens is 1. The minimum Gasteiger partial charge on any atom is -0.478 e. The maximum atomic E-state index is 13.8. The minimum atomic E-state index is -1.34. The van der Waals surface area contributed by atoms with Crippen LogP contribution in [0.1, 0.15) is 29.8 Å². The van der Waals surface area contributed by atoms with Crippen LogP contribution in [0.4, 0.5) is 4.39 Å². The van der Waals surface area contributed by atoms with Gasteiger partial charge in [0.15, 0.2) is 0 Å². The number of carbonyl (C=O) groups is 3. The molecule has 7 heteroatoms. The summed E-state index contributed by atoms with van der Waals surface area (Å²) >= 11 is 0. The van der Waals surface area contributed by atoms with Crippen LogP contribution in [0.15, 0.2) is 48.0 Å². The van der Waals surface area contributed by atoms with Crippen molar-refractivity contribution in [1.82, 2.24) is 0 Å². The predicted octanol–water partition coefficient (Wildman–Crippen LogP) is 3.41. The van der Waals surface area contributed by atoms with Crippen LogP contribution in [-0.4, -0.2) is 28.8 Å². The molecule has 6 nitrogen and oxygen atoms in total. The highest BCUT2D eigenvalue weighted by molar-refractivity contribution is 6.18. The fraction of sp³-hybridized carbons (Fsp3) is 0.150. The Morgan fingerprint density at radius 1 is 1.00 bits per heavy atom. The molecule has 1 N–H and O–H groups in total. The van der Waals surface area contributed by atoms with E-state index in [0.29, 0.717) is 16.7 Å². The van der Waals surface area contributed by atoms with Gasteiger partial charge in [0, 0.05) is 13.8 Å². The lowest BCUT2D eigenvalue weighted by atomic mass is 10.0. The van der Waals surface area contributed by atoms with Gasteiger partial charge in [0.25, 0.3) is 5.79 Å². The van der Waals surface area contributed by atoms with Crippen molar-refractivity contribution in [3.63, 3.8) is 0 Å². The molecular weight excluding hydrogens is 355 g/mol. The number of hydrogen-bond acceptors (Lipinski definition) is 5. The van der Waals surface area contributed by atoms with Crippen LogP contribution < -0.4 is 0 Å². The fourth-order valence-corrected chi connectivity index (χ4v) is 2.59. The summed E-state index contributed by atoms with van der Waals surface area (Å²) in [5.41, 5.74) is 1.05. The van der Waals surface area contributed by atoms with E-state index >= 15 is 0 Å². The first-order valence-electron chi connectivity index (χ1n) is 7.98. The van der Waals surface area contributed by atoms with Crippen molar-refractivity contribution in [2.45, 2.75) is 19.6 Å². The lowest BCUT2D eigenvalue weighted by Crippen LogP contribution is -2.41. The number of esters is 2. The first-order chi connectivity index (χ1) is 12.7. The monoisotopic (exact) mass is 370 g/mol. The van der Waals surface area contributed by atoms with E-state index in [9.17, 15) is 18.8 Å². The number of hydrogen-bond donors (Lipinski definition) is 1. The number of carboxylic acids is 1. The molecule has 2 aromatic rings. The predicted molar refractivity (Wildman–Crippen MR) is 93.0 cm³/mol. The van der Waals surface area contributed by atoms with E-state index < -0.39 is 35.1 Å². The van der Waals surface area contributed by atoms with Crippen molar-refractivity contribution in [1.29, 1.82) is 0 Å². The molecule has 0 saturated carbocycles. The van der Waals surface area contributed by atoms with Gasteiger partial charge in [0.1, 0.15) is 11.4 Å². The van der Waals surface area contributed by atoms with Gasteiger partial charge in [-0.25, -0.2) is 18.8 Å². The summed E-state index contributed by atoms with van der Waals surface area (Å²) in [6, 6.07) is 10.4. The van der Waals surface area contributed by atoms with Crippen molar-refractivity contribution in [2.24, 2.45) is 0 Å². The fourth-order valence-electron chi connectivity index (χ4n) is 2.59. The highest BCUT2D eigenvalue weighted by Gasteiger charge is 2.38. The van der Waals surface area contributed by atoms with Crippen LogP contribution in [0.3, 0.4) is 0 Å². The summed E-state index contributed by atoms with van der Waals surface area (Å²) in [4.78, 5) is 34.8. The second-order valence-electron chi connectivity index (χ2n) is 6.36. The zero-order valence-electron chi connectivity index (χ0n) is 14.5. The van der Waals surface area contributed by atoms with Crippen molar-refractivity contribution >= 4 is 24.0 Å². The molecule has 0 unspecified atom stereocenters. The highest BCUT2D eigenvalue weighted by atomic mass is 19.1. The molecule has 27 heavy (non-hydrogen) atoms. The summed E-state index contributed by atoms with van der Waals surface area (Å²) in [5.74, 6) is -5.02. The third-order valence-electron chi connectivity index (χ3n) is 3.87. The van der Waals surface area contributed by atoms with Gasteiger partial charge in [-0.3, -0.25) is 0 Å². The van der Waals surface area contributed by atoms with Gasteiger partial charge in [0.05, 0.1) is 5.56 Å². The molecule has 2 aromatic carbocycles. The Morgan fingerprint density at radius 2 is 1.56 bits per heavy atom. The van der Waals surface area contributed by atoms with E-state index in [-0.39, 0.29) is 5.57 Å². The maximum absolute atomic E-state index is 13.8. The molecule has 3 rings (SSSR count). The summed E-state index contributed by atoms with van der Waals surface area (Å²) in [6.07, 6.45) is 1.35. The van der Waals surface area contributed by atoms with Crippen LogP contribution in [0.5, 0.6) is 0 Å². The van der Waals surface area contributed by atoms with Crippen molar-refractivity contribution in [2.75, 3.05) is 0 Å². The molecule has 1 heterocycles. The number of benzene rings is 2. The summed E-state index contributed by atoms with van der Waals surface area (Å²) < 4.78 is 23.9. The third-order valence-corrected chi connectivity index (χ3v) is 3.87. The summed E-state index contributed by atoms with van der Waals surface area (Å²) in [6.45, 7) is 2.92. The molecule has 138 valence electrons. The SMILES string of the molecule is CC1(C)OC(=O)C(=Cc2ccc(-c3ccc(C(=O)O)c(F)c3)cc2)C(=O)O1. The Morgan fingerprint density at radius 3 is 2.07 bits per heavy atom. The van der Waals surface area contributed by atoms with Crippen molar-refractivity contribution in [3.05, 3.63) is 65.0 Å². The quantitative estimate of drug-likeness (QED) is 0.506. The molecule has 1 aliphatic rings.